The molecule has 0 saturated heterocycles. The van der Waals surface area contributed by atoms with E-state index in [1.165, 1.54) is 24.3 Å². The van der Waals surface area contributed by atoms with Crippen LogP contribution in [0.4, 0.5) is 13.2 Å². The maximum atomic E-state index is 13.7. The molecule has 0 spiro atoms. The third-order valence-electron chi connectivity index (χ3n) is 3.98. The molecule has 26 heavy (non-hydrogen) atoms. The van der Waals surface area contributed by atoms with Crippen LogP contribution < -0.4 is 5.73 Å². The topological polar surface area (TPSA) is 43.1 Å². The Morgan fingerprint density at radius 2 is 1.46 bits per heavy atom. The predicted octanol–water partition coefficient (Wildman–Crippen LogP) is 5.79. The molecule has 6 heteroatoms. The molecule has 0 aliphatic heterocycles. The minimum atomic E-state index is -4.63. The lowest BCUT2D eigenvalue weighted by atomic mass is 9.91. The molecule has 0 aromatic heterocycles. The van der Waals surface area contributed by atoms with Crippen LogP contribution in [0.15, 0.2) is 66.7 Å². The van der Waals surface area contributed by atoms with Gasteiger partial charge in [0.2, 0.25) is 5.91 Å². The third kappa shape index (κ3) is 3.44. The van der Waals surface area contributed by atoms with Crippen LogP contribution in [0.5, 0.6) is 0 Å². The van der Waals surface area contributed by atoms with Crippen LogP contribution in [0.1, 0.15) is 15.9 Å². The number of hydrogen-bond acceptors (Lipinski definition) is 1. The first-order valence-corrected chi connectivity index (χ1v) is 8.02. The van der Waals surface area contributed by atoms with Crippen LogP contribution >= 0.6 is 11.6 Å². The van der Waals surface area contributed by atoms with Crippen molar-refractivity contribution in [2.24, 2.45) is 5.73 Å². The summed E-state index contributed by atoms with van der Waals surface area (Å²) in [4.78, 5) is 11.6. The van der Waals surface area contributed by atoms with Crippen molar-refractivity contribution in [1.82, 2.24) is 0 Å². The molecule has 0 radical (unpaired) electrons. The molecule has 3 aromatic rings. The van der Waals surface area contributed by atoms with Gasteiger partial charge in [-0.25, -0.2) is 0 Å². The van der Waals surface area contributed by atoms with Crippen molar-refractivity contribution >= 4 is 17.5 Å². The van der Waals surface area contributed by atoms with Gasteiger partial charge in [-0.3, -0.25) is 4.79 Å². The van der Waals surface area contributed by atoms with Crippen molar-refractivity contribution in [3.05, 3.63) is 82.9 Å². The van der Waals surface area contributed by atoms with E-state index in [0.717, 1.165) is 6.07 Å². The van der Waals surface area contributed by atoms with Gasteiger partial charge in [0.25, 0.3) is 0 Å². The molecule has 2 N–H and O–H groups in total. The minimum Gasteiger partial charge on any atom is -0.366 e. The highest BCUT2D eigenvalue weighted by Gasteiger charge is 2.35. The number of carbonyl (C=O) groups is 1. The highest BCUT2D eigenvalue weighted by molar-refractivity contribution is 6.33. The average molecular weight is 376 g/mol. The number of primary amides is 1. The number of hydrogen-bond donors (Lipinski definition) is 1. The third-order valence-corrected chi connectivity index (χ3v) is 4.29. The summed E-state index contributed by atoms with van der Waals surface area (Å²) in [6.45, 7) is 0. The van der Waals surface area contributed by atoms with Crippen molar-refractivity contribution in [3.63, 3.8) is 0 Å². The van der Waals surface area contributed by atoms with Gasteiger partial charge in [-0.15, -0.1) is 0 Å². The molecule has 0 aliphatic carbocycles. The molecule has 2 nitrogen and oxygen atoms in total. The Hall–Kier alpha value is -2.79. The molecule has 0 heterocycles. The number of amides is 1. The number of alkyl halides is 3. The fourth-order valence-corrected chi connectivity index (χ4v) is 3.08. The van der Waals surface area contributed by atoms with E-state index < -0.39 is 17.6 Å². The van der Waals surface area contributed by atoms with E-state index in [4.69, 9.17) is 17.3 Å². The van der Waals surface area contributed by atoms with Crippen molar-refractivity contribution in [3.8, 4) is 22.3 Å². The summed E-state index contributed by atoms with van der Waals surface area (Å²) in [7, 11) is 0. The molecule has 0 unspecified atom stereocenters. The number of rotatable bonds is 3. The standard InChI is InChI=1S/C20H13ClF3NO/c21-18-11-16(13-8-4-5-9-14(13)19(25)26)17(20(22,23)24)10-15(18)12-6-2-1-3-7-12/h1-11H,(H2,25,26). The maximum absolute atomic E-state index is 13.7. The fraction of sp³-hybridized carbons (Fsp3) is 0.0500. The van der Waals surface area contributed by atoms with Gasteiger partial charge in [-0.2, -0.15) is 13.2 Å². The summed E-state index contributed by atoms with van der Waals surface area (Å²) in [6, 6.07) is 16.7. The molecule has 0 saturated carbocycles. The van der Waals surface area contributed by atoms with Crippen LogP contribution in [0.25, 0.3) is 22.3 Å². The second-order valence-corrected chi connectivity index (χ2v) is 6.06. The van der Waals surface area contributed by atoms with Crippen molar-refractivity contribution in [2.45, 2.75) is 6.18 Å². The predicted molar refractivity (Wildman–Crippen MR) is 95.8 cm³/mol. The van der Waals surface area contributed by atoms with Crippen LogP contribution in [-0.2, 0) is 6.18 Å². The Morgan fingerprint density at radius 3 is 2.08 bits per heavy atom. The van der Waals surface area contributed by atoms with E-state index in [9.17, 15) is 18.0 Å². The summed E-state index contributed by atoms with van der Waals surface area (Å²) in [5.74, 6) is -0.808. The zero-order valence-corrected chi connectivity index (χ0v) is 14.1. The van der Waals surface area contributed by atoms with Crippen LogP contribution in [0.2, 0.25) is 5.02 Å². The van der Waals surface area contributed by atoms with Gasteiger partial charge in [-0.05, 0) is 34.9 Å². The largest absolute Gasteiger partial charge is 0.417 e. The van der Waals surface area contributed by atoms with E-state index in [1.807, 2.05) is 0 Å². The Balaban J connectivity index is 2.31. The molecule has 132 valence electrons. The Kier molecular flexibility index (Phi) is 4.74. The van der Waals surface area contributed by atoms with Crippen molar-refractivity contribution in [2.75, 3.05) is 0 Å². The van der Waals surface area contributed by atoms with E-state index >= 15 is 0 Å². The minimum absolute atomic E-state index is 0.00141. The van der Waals surface area contributed by atoms with Crippen molar-refractivity contribution < 1.29 is 18.0 Å². The van der Waals surface area contributed by atoms with Crippen molar-refractivity contribution in [1.29, 1.82) is 0 Å². The van der Waals surface area contributed by atoms with Gasteiger partial charge in [0.05, 0.1) is 5.56 Å². The first-order chi connectivity index (χ1) is 12.3. The Labute approximate surface area is 153 Å². The van der Waals surface area contributed by atoms with Gasteiger partial charge in [0.1, 0.15) is 0 Å². The molecular weight excluding hydrogens is 363 g/mol. The zero-order chi connectivity index (χ0) is 18.9. The average Bonchev–Trinajstić information content (AvgIpc) is 2.61. The van der Waals surface area contributed by atoms with Gasteiger partial charge in [0.15, 0.2) is 0 Å². The number of benzene rings is 3. The summed E-state index contributed by atoms with van der Waals surface area (Å²) in [6.07, 6.45) is -4.63. The van der Waals surface area contributed by atoms with E-state index in [2.05, 4.69) is 0 Å². The highest BCUT2D eigenvalue weighted by Crippen LogP contribution is 2.43. The molecule has 3 rings (SSSR count). The Morgan fingerprint density at radius 1 is 0.846 bits per heavy atom. The molecule has 0 atom stereocenters. The summed E-state index contributed by atoms with van der Waals surface area (Å²) in [5.41, 5.74) is 5.18. The van der Waals surface area contributed by atoms with Gasteiger partial charge in [0, 0.05) is 16.1 Å². The number of nitrogens with two attached hydrogens (primary N) is 1. The maximum Gasteiger partial charge on any atom is 0.417 e. The lowest BCUT2D eigenvalue weighted by Gasteiger charge is -2.18. The molecule has 3 aromatic carbocycles. The fourth-order valence-electron chi connectivity index (χ4n) is 2.80. The molecule has 0 aliphatic rings. The lowest BCUT2D eigenvalue weighted by molar-refractivity contribution is -0.137. The molecule has 1 amide bonds. The van der Waals surface area contributed by atoms with Gasteiger partial charge >= 0.3 is 6.18 Å². The van der Waals surface area contributed by atoms with Crippen LogP contribution in [0.3, 0.4) is 0 Å². The molecular formula is C20H13ClF3NO. The molecule has 0 bridgehead atoms. The summed E-state index contributed by atoms with van der Waals surface area (Å²) in [5, 5.41) is 0.151. The quantitative estimate of drug-likeness (QED) is 0.618. The van der Waals surface area contributed by atoms with Crippen LogP contribution in [0, 0.1) is 0 Å². The number of carbonyl (C=O) groups excluding carboxylic acids is 1. The smallest absolute Gasteiger partial charge is 0.366 e. The SMILES string of the molecule is NC(=O)c1ccccc1-c1cc(Cl)c(-c2ccccc2)cc1C(F)(F)F. The Bertz CT molecular complexity index is 969. The lowest BCUT2D eigenvalue weighted by Crippen LogP contribution is -2.14. The molecule has 0 fully saturated rings. The zero-order valence-electron chi connectivity index (χ0n) is 13.3. The van der Waals surface area contributed by atoms with E-state index in [0.29, 0.717) is 5.56 Å². The normalized spacial score (nSPS) is 11.4. The van der Waals surface area contributed by atoms with Gasteiger partial charge in [-0.1, -0.05) is 60.1 Å². The monoisotopic (exact) mass is 375 g/mol. The van der Waals surface area contributed by atoms with Gasteiger partial charge < -0.3 is 5.73 Å². The second-order valence-electron chi connectivity index (χ2n) is 5.65. The van der Waals surface area contributed by atoms with E-state index in [1.54, 1.807) is 36.4 Å². The second kappa shape index (κ2) is 6.84. The first-order valence-electron chi connectivity index (χ1n) is 7.64. The van der Waals surface area contributed by atoms with Crippen LogP contribution in [-0.4, -0.2) is 5.91 Å². The number of halogens is 4. The highest BCUT2D eigenvalue weighted by atomic mass is 35.5. The summed E-state index contributed by atoms with van der Waals surface area (Å²) >= 11 is 6.28. The summed E-state index contributed by atoms with van der Waals surface area (Å²) < 4.78 is 41.2. The first kappa shape index (κ1) is 18.0. The van der Waals surface area contributed by atoms with E-state index in [-0.39, 0.29) is 27.3 Å².